The summed E-state index contributed by atoms with van der Waals surface area (Å²) in [6.07, 6.45) is 0. The van der Waals surface area contributed by atoms with Crippen LogP contribution in [-0.2, 0) is 9.53 Å². The summed E-state index contributed by atoms with van der Waals surface area (Å²) in [5.41, 5.74) is 1.71. The third-order valence-electron chi connectivity index (χ3n) is 2.82. The quantitative estimate of drug-likeness (QED) is 0.840. The van der Waals surface area contributed by atoms with Crippen molar-refractivity contribution in [2.75, 3.05) is 11.9 Å². The number of hydrogen-bond acceptors (Lipinski definition) is 3. The fourth-order valence-corrected chi connectivity index (χ4v) is 2.11. The Hall–Kier alpha value is -2.21. The molecule has 0 aromatic heterocycles. The van der Waals surface area contributed by atoms with Crippen LogP contribution in [0.3, 0.4) is 0 Å². The van der Waals surface area contributed by atoms with Crippen molar-refractivity contribution in [3.05, 3.63) is 63.9 Å². The highest BCUT2D eigenvalue weighted by molar-refractivity contribution is 9.10. The van der Waals surface area contributed by atoms with Crippen molar-refractivity contribution in [2.45, 2.75) is 6.92 Å². The van der Waals surface area contributed by atoms with Crippen molar-refractivity contribution in [1.82, 2.24) is 0 Å². The van der Waals surface area contributed by atoms with Gasteiger partial charge in [-0.05, 0) is 53.2 Å². The highest BCUT2D eigenvalue weighted by Crippen LogP contribution is 2.18. The molecular weight excluding hydrogens is 353 g/mol. The largest absolute Gasteiger partial charge is 0.452 e. The third kappa shape index (κ3) is 4.39. The first kappa shape index (κ1) is 16.2. The topological polar surface area (TPSA) is 55.4 Å². The Labute approximate surface area is 135 Å². The Morgan fingerprint density at radius 2 is 1.86 bits per heavy atom. The minimum atomic E-state index is -0.773. The Morgan fingerprint density at radius 1 is 1.18 bits per heavy atom. The lowest BCUT2D eigenvalue weighted by molar-refractivity contribution is -0.119. The van der Waals surface area contributed by atoms with Crippen LogP contribution in [-0.4, -0.2) is 18.5 Å². The summed E-state index contributed by atoms with van der Waals surface area (Å²) >= 11 is 3.13. The third-order valence-corrected chi connectivity index (χ3v) is 3.51. The number of amides is 1. The van der Waals surface area contributed by atoms with Crippen LogP contribution >= 0.6 is 15.9 Å². The van der Waals surface area contributed by atoms with Crippen molar-refractivity contribution in [3.63, 3.8) is 0 Å². The molecule has 22 heavy (non-hydrogen) atoms. The Bertz CT molecular complexity index is 701. The molecule has 0 radical (unpaired) electrons. The van der Waals surface area contributed by atoms with Crippen LogP contribution in [0.25, 0.3) is 0 Å². The van der Waals surface area contributed by atoms with Gasteiger partial charge in [0.25, 0.3) is 5.91 Å². The molecule has 0 saturated carbocycles. The van der Waals surface area contributed by atoms with Gasteiger partial charge < -0.3 is 10.1 Å². The molecule has 2 rings (SSSR count). The second-order valence-corrected chi connectivity index (χ2v) is 5.47. The maximum absolute atomic E-state index is 13.1. The number of anilines is 1. The van der Waals surface area contributed by atoms with Gasteiger partial charge in [0.15, 0.2) is 6.61 Å². The van der Waals surface area contributed by atoms with Gasteiger partial charge in [0, 0.05) is 10.2 Å². The molecular formula is C16H13BrFNO3. The average Bonchev–Trinajstić information content (AvgIpc) is 2.49. The number of rotatable bonds is 4. The molecule has 6 heteroatoms. The first-order chi connectivity index (χ1) is 10.5. The Kier molecular flexibility index (Phi) is 5.27. The van der Waals surface area contributed by atoms with E-state index in [9.17, 15) is 14.0 Å². The normalized spacial score (nSPS) is 10.1. The summed E-state index contributed by atoms with van der Waals surface area (Å²) < 4.78 is 18.4. The van der Waals surface area contributed by atoms with E-state index in [0.29, 0.717) is 10.2 Å². The number of carbonyl (C=O) groups is 2. The van der Waals surface area contributed by atoms with Gasteiger partial charge >= 0.3 is 5.97 Å². The minimum Gasteiger partial charge on any atom is -0.452 e. The molecule has 0 atom stereocenters. The van der Waals surface area contributed by atoms with E-state index in [-0.39, 0.29) is 5.56 Å². The van der Waals surface area contributed by atoms with Gasteiger partial charge in [0.05, 0.1) is 5.56 Å². The van der Waals surface area contributed by atoms with Crippen LogP contribution in [0.4, 0.5) is 10.1 Å². The minimum absolute atomic E-state index is 0.0307. The molecule has 1 amide bonds. The summed E-state index contributed by atoms with van der Waals surface area (Å²) in [5.74, 6) is -1.80. The highest BCUT2D eigenvalue weighted by atomic mass is 79.9. The standard InChI is InChI=1S/C16H13BrFNO3/c1-10-2-5-12(6-3-10)19-15(20)9-22-16(21)13-8-11(18)4-7-14(13)17/h2-8H,9H2,1H3,(H,19,20). The summed E-state index contributed by atoms with van der Waals surface area (Å²) in [7, 11) is 0. The zero-order chi connectivity index (χ0) is 16.1. The molecule has 1 N–H and O–H groups in total. The van der Waals surface area contributed by atoms with E-state index in [4.69, 9.17) is 4.74 Å². The number of esters is 1. The number of nitrogens with one attached hydrogen (secondary N) is 1. The molecule has 4 nitrogen and oxygen atoms in total. The van der Waals surface area contributed by atoms with Crippen LogP contribution < -0.4 is 5.32 Å². The van der Waals surface area contributed by atoms with Crippen LogP contribution in [0.5, 0.6) is 0 Å². The number of aryl methyl sites for hydroxylation is 1. The number of hydrogen-bond donors (Lipinski definition) is 1. The van der Waals surface area contributed by atoms with E-state index in [1.807, 2.05) is 19.1 Å². The monoisotopic (exact) mass is 365 g/mol. The van der Waals surface area contributed by atoms with Gasteiger partial charge in [-0.1, -0.05) is 17.7 Å². The lowest BCUT2D eigenvalue weighted by Gasteiger charge is -2.08. The van der Waals surface area contributed by atoms with Crippen LogP contribution in [0.1, 0.15) is 15.9 Å². The molecule has 0 heterocycles. The second kappa shape index (κ2) is 7.17. The van der Waals surface area contributed by atoms with Crippen LogP contribution in [0.2, 0.25) is 0 Å². The van der Waals surface area contributed by atoms with E-state index >= 15 is 0 Å². The van der Waals surface area contributed by atoms with Crippen molar-refractivity contribution in [2.24, 2.45) is 0 Å². The molecule has 0 saturated heterocycles. The lowest BCUT2D eigenvalue weighted by atomic mass is 10.2. The molecule has 0 fully saturated rings. The predicted molar refractivity (Wildman–Crippen MR) is 84.2 cm³/mol. The first-order valence-corrected chi connectivity index (χ1v) is 7.23. The fourth-order valence-electron chi connectivity index (χ4n) is 1.70. The molecule has 0 spiro atoms. The SMILES string of the molecule is Cc1ccc(NC(=O)COC(=O)c2cc(F)ccc2Br)cc1. The average molecular weight is 366 g/mol. The zero-order valence-corrected chi connectivity index (χ0v) is 13.3. The molecule has 2 aromatic carbocycles. The van der Waals surface area contributed by atoms with E-state index in [0.717, 1.165) is 11.6 Å². The van der Waals surface area contributed by atoms with Gasteiger partial charge in [-0.25, -0.2) is 9.18 Å². The van der Waals surface area contributed by atoms with Gasteiger partial charge in [-0.3, -0.25) is 4.79 Å². The van der Waals surface area contributed by atoms with Gasteiger partial charge in [-0.2, -0.15) is 0 Å². The van der Waals surface area contributed by atoms with Gasteiger partial charge in [0.1, 0.15) is 5.82 Å². The molecule has 0 aliphatic heterocycles. The van der Waals surface area contributed by atoms with E-state index in [1.54, 1.807) is 12.1 Å². The molecule has 2 aromatic rings. The number of carbonyl (C=O) groups excluding carboxylic acids is 2. The zero-order valence-electron chi connectivity index (χ0n) is 11.7. The second-order valence-electron chi connectivity index (χ2n) is 4.61. The Morgan fingerprint density at radius 3 is 2.55 bits per heavy atom. The smallest absolute Gasteiger partial charge is 0.339 e. The number of ether oxygens (including phenoxy) is 1. The maximum Gasteiger partial charge on any atom is 0.339 e. The lowest BCUT2D eigenvalue weighted by Crippen LogP contribution is -2.21. The van der Waals surface area contributed by atoms with Crippen LogP contribution in [0.15, 0.2) is 46.9 Å². The number of halogens is 2. The van der Waals surface area contributed by atoms with E-state index in [2.05, 4.69) is 21.2 Å². The van der Waals surface area contributed by atoms with Gasteiger partial charge in [0.2, 0.25) is 0 Å². The van der Waals surface area contributed by atoms with Crippen LogP contribution in [0, 0.1) is 12.7 Å². The molecule has 0 bridgehead atoms. The highest BCUT2D eigenvalue weighted by Gasteiger charge is 2.14. The van der Waals surface area contributed by atoms with E-state index < -0.39 is 24.3 Å². The van der Waals surface area contributed by atoms with Crippen molar-refractivity contribution >= 4 is 33.5 Å². The molecule has 0 unspecified atom stereocenters. The Balaban J connectivity index is 1.91. The summed E-state index contributed by atoms with van der Waals surface area (Å²) in [5, 5.41) is 2.60. The predicted octanol–water partition coefficient (Wildman–Crippen LogP) is 3.69. The first-order valence-electron chi connectivity index (χ1n) is 6.44. The summed E-state index contributed by atoms with van der Waals surface area (Å²) in [6.45, 7) is 1.49. The van der Waals surface area contributed by atoms with Gasteiger partial charge in [-0.15, -0.1) is 0 Å². The van der Waals surface area contributed by atoms with Crippen molar-refractivity contribution < 1.29 is 18.7 Å². The van der Waals surface area contributed by atoms with Crippen molar-refractivity contribution in [3.8, 4) is 0 Å². The summed E-state index contributed by atoms with van der Waals surface area (Å²) in [6, 6.07) is 10.9. The van der Waals surface area contributed by atoms with E-state index in [1.165, 1.54) is 12.1 Å². The maximum atomic E-state index is 13.1. The van der Waals surface area contributed by atoms with Crippen molar-refractivity contribution in [1.29, 1.82) is 0 Å². The summed E-state index contributed by atoms with van der Waals surface area (Å²) in [4.78, 5) is 23.5. The molecule has 0 aliphatic carbocycles. The number of benzene rings is 2. The molecule has 0 aliphatic rings. The molecule has 114 valence electrons. The fraction of sp³-hybridized carbons (Fsp3) is 0.125.